The quantitative estimate of drug-likeness (QED) is 0.722. The largest absolute Gasteiger partial charge is 0.383 e. The van der Waals surface area contributed by atoms with Crippen LogP contribution in [0.5, 0.6) is 0 Å². The van der Waals surface area contributed by atoms with Crippen LogP contribution in [0.2, 0.25) is 0 Å². The van der Waals surface area contributed by atoms with E-state index < -0.39 is 11.0 Å². The summed E-state index contributed by atoms with van der Waals surface area (Å²) in [5, 5.41) is 2.97. The van der Waals surface area contributed by atoms with E-state index in [1.807, 2.05) is 34.6 Å². The summed E-state index contributed by atoms with van der Waals surface area (Å²) in [5.41, 5.74) is 4.86. The molecule has 0 aliphatic carbocycles. The normalized spacial score (nSPS) is 14.7. The second kappa shape index (κ2) is 5.64. The minimum Gasteiger partial charge on any atom is -0.383 e. The van der Waals surface area contributed by atoms with Crippen molar-refractivity contribution in [2.75, 3.05) is 13.7 Å². The summed E-state index contributed by atoms with van der Waals surface area (Å²) >= 11 is 0. The molecule has 3 N–H and O–H groups in total. The zero-order chi connectivity index (χ0) is 13.0. The Morgan fingerprint density at radius 2 is 1.88 bits per heavy atom. The predicted molar refractivity (Wildman–Crippen MR) is 66.1 cm³/mol. The monoisotopic (exact) mass is 230 g/mol. The van der Waals surface area contributed by atoms with E-state index in [1.165, 1.54) is 0 Å². The lowest BCUT2D eigenvalue weighted by molar-refractivity contribution is -0.133. The first kappa shape index (κ1) is 15.4. The molecule has 1 atom stereocenters. The van der Waals surface area contributed by atoms with Crippen molar-refractivity contribution in [3.05, 3.63) is 0 Å². The van der Waals surface area contributed by atoms with Crippen molar-refractivity contribution in [2.45, 2.75) is 52.6 Å². The van der Waals surface area contributed by atoms with Crippen molar-refractivity contribution >= 4 is 5.91 Å². The Kier molecular flexibility index (Phi) is 5.42. The van der Waals surface area contributed by atoms with Crippen LogP contribution in [0.1, 0.15) is 41.0 Å². The van der Waals surface area contributed by atoms with Gasteiger partial charge in [-0.1, -0.05) is 6.92 Å². The molecular weight excluding hydrogens is 204 g/mol. The number of carbonyl (C=O) groups excluding carboxylic acids is 1. The highest BCUT2D eigenvalue weighted by atomic mass is 16.5. The highest BCUT2D eigenvalue weighted by Gasteiger charge is 2.40. The molecule has 4 nitrogen and oxygen atoms in total. The van der Waals surface area contributed by atoms with Gasteiger partial charge in [-0.05, 0) is 34.1 Å². The van der Waals surface area contributed by atoms with Crippen LogP contribution in [0.25, 0.3) is 0 Å². The lowest BCUT2D eigenvalue weighted by Gasteiger charge is -2.37. The molecule has 0 bridgehead atoms. The Balaban J connectivity index is 4.56. The molecule has 16 heavy (non-hydrogen) atoms. The Bertz CT molecular complexity index is 232. The number of hydrogen-bond donors (Lipinski definition) is 2. The molecule has 0 aliphatic heterocycles. The smallest absolute Gasteiger partial charge is 0.227 e. The van der Waals surface area contributed by atoms with Crippen LogP contribution >= 0.6 is 0 Å². The fourth-order valence-electron chi connectivity index (χ4n) is 1.12. The molecule has 1 unspecified atom stereocenters. The molecule has 0 heterocycles. The van der Waals surface area contributed by atoms with E-state index in [1.54, 1.807) is 7.11 Å². The van der Waals surface area contributed by atoms with Gasteiger partial charge in [-0.15, -0.1) is 0 Å². The molecule has 0 rings (SSSR count). The van der Waals surface area contributed by atoms with Crippen LogP contribution in [-0.4, -0.2) is 31.2 Å². The number of methoxy groups -OCH3 is 1. The molecule has 0 spiro atoms. The summed E-state index contributed by atoms with van der Waals surface area (Å²) in [5.74, 6) is -0.0242. The van der Waals surface area contributed by atoms with Crippen LogP contribution in [0.4, 0.5) is 0 Å². The molecule has 0 saturated heterocycles. The Labute approximate surface area is 98.9 Å². The second-order valence-corrected chi connectivity index (χ2v) is 5.38. The van der Waals surface area contributed by atoms with Gasteiger partial charge >= 0.3 is 0 Å². The van der Waals surface area contributed by atoms with Gasteiger partial charge in [0.15, 0.2) is 0 Å². The highest BCUT2D eigenvalue weighted by molar-refractivity contribution is 5.83. The van der Waals surface area contributed by atoms with Crippen LogP contribution in [-0.2, 0) is 9.53 Å². The summed E-state index contributed by atoms with van der Waals surface area (Å²) in [6.07, 6.45) is 0.848. The van der Waals surface area contributed by atoms with Gasteiger partial charge in [-0.25, -0.2) is 0 Å². The maximum atomic E-state index is 12.1. The molecule has 1 amide bonds. The minimum atomic E-state index is -0.603. The van der Waals surface area contributed by atoms with Crippen molar-refractivity contribution in [2.24, 2.45) is 11.1 Å². The molecule has 0 radical (unpaired) electrons. The third kappa shape index (κ3) is 3.76. The van der Waals surface area contributed by atoms with Crippen LogP contribution < -0.4 is 11.1 Å². The van der Waals surface area contributed by atoms with Gasteiger partial charge in [0.2, 0.25) is 5.91 Å². The van der Waals surface area contributed by atoms with Gasteiger partial charge in [0, 0.05) is 12.6 Å². The van der Waals surface area contributed by atoms with Gasteiger partial charge in [-0.3, -0.25) is 4.79 Å². The number of ether oxygens (including phenoxy) is 1. The SMILES string of the molecule is CCC(COC)NC(=O)C(C)(C)C(C)(C)N. The van der Waals surface area contributed by atoms with E-state index in [0.29, 0.717) is 6.61 Å². The van der Waals surface area contributed by atoms with Crippen LogP contribution in [0.3, 0.4) is 0 Å². The Morgan fingerprint density at radius 1 is 1.38 bits per heavy atom. The number of hydrogen-bond acceptors (Lipinski definition) is 3. The minimum absolute atomic E-state index is 0.0242. The van der Waals surface area contributed by atoms with Gasteiger partial charge in [-0.2, -0.15) is 0 Å². The van der Waals surface area contributed by atoms with Gasteiger partial charge < -0.3 is 15.8 Å². The lowest BCUT2D eigenvalue weighted by atomic mass is 9.74. The summed E-state index contributed by atoms with van der Waals surface area (Å²) < 4.78 is 5.05. The van der Waals surface area contributed by atoms with Crippen LogP contribution in [0, 0.1) is 5.41 Å². The maximum Gasteiger partial charge on any atom is 0.227 e. The highest BCUT2D eigenvalue weighted by Crippen LogP contribution is 2.28. The van der Waals surface area contributed by atoms with Crippen molar-refractivity contribution < 1.29 is 9.53 Å². The zero-order valence-electron chi connectivity index (χ0n) is 11.4. The van der Waals surface area contributed by atoms with Gasteiger partial charge in [0.1, 0.15) is 0 Å². The van der Waals surface area contributed by atoms with E-state index in [9.17, 15) is 4.79 Å². The standard InChI is InChI=1S/C12H26N2O2/c1-7-9(8-16-6)14-10(15)11(2,3)12(4,5)13/h9H,7-8,13H2,1-6H3,(H,14,15). The molecule has 0 fully saturated rings. The summed E-state index contributed by atoms with van der Waals surface area (Å²) in [4.78, 5) is 12.1. The van der Waals surface area contributed by atoms with E-state index >= 15 is 0 Å². The molecule has 4 heteroatoms. The average Bonchev–Trinajstić information content (AvgIpc) is 2.15. The van der Waals surface area contributed by atoms with Crippen molar-refractivity contribution in [3.63, 3.8) is 0 Å². The molecule has 0 aromatic rings. The van der Waals surface area contributed by atoms with Crippen molar-refractivity contribution in [1.82, 2.24) is 5.32 Å². The topological polar surface area (TPSA) is 64.3 Å². The van der Waals surface area contributed by atoms with E-state index in [-0.39, 0.29) is 11.9 Å². The fraction of sp³-hybridized carbons (Fsp3) is 0.917. The Hall–Kier alpha value is -0.610. The fourth-order valence-corrected chi connectivity index (χ4v) is 1.12. The molecular formula is C12H26N2O2. The van der Waals surface area contributed by atoms with E-state index in [0.717, 1.165) is 6.42 Å². The second-order valence-electron chi connectivity index (χ2n) is 5.38. The predicted octanol–water partition coefficient (Wildman–Crippen LogP) is 1.29. The maximum absolute atomic E-state index is 12.1. The number of nitrogens with two attached hydrogens (primary N) is 1. The molecule has 0 aromatic heterocycles. The van der Waals surface area contributed by atoms with E-state index in [4.69, 9.17) is 10.5 Å². The number of nitrogens with one attached hydrogen (secondary N) is 1. The van der Waals surface area contributed by atoms with Gasteiger partial charge in [0.25, 0.3) is 0 Å². The number of amides is 1. The zero-order valence-corrected chi connectivity index (χ0v) is 11.4. The molecule has 0 saturated carbocycles. The van der Waals surface area contributed by atoms with Crippen molar-refractivity contribution in [1.29, 1.82) is 0 Å². The first-order valence-corrected chi connectivity index (χ1v) is 5.75. The lowest BCUT2D eigenvalue weighted by Crippen LogP contribution is -2.57. The molecule has 0 aromatic carbocycles. The average molecular weight is 230 g/mol. The Morgan fingerprint density at radius 3 is 2.19 bits per heavy atom. The number of rotatable bonds is 6. The van der Waals surface area contributed by atoms with Crippen LogP contribution in [0.15, 0.2) is 0 Å². The van der Waals surface area contributed by atoms with Gasteiger partial charge in [0.05, 0.1) is 18.1 Å². The summed E-state index contributed by atoms with van der Waals surface area (Å²) in [6.45, 7) is 10.0. The molecule has 96 valence electrons. The number of carbonyl (C=O) groups is 1. The first-order chi connectivity index (χ1) is 7.16. The molecule has 0 aliphatic rings. The third-order valence-corrected chi connectivity index (χ3v) is 3.37. The summed E-state index contributed by atoms with van der Waals surface area (Å²) in [7, 11) is 1.63. The first-order valence-electron chi connectivity index (χ1n) is 5.75. The van der Waals surface area contributed by atoms with E-state index in [2.05, 4.69) is 5.32 Å². The third-order valence-electron chi connectivity index (χ3n) is 3.37. The summed E-state index contributed by atoms with van der Waals surface area (Å²) in [6, 6.07) is 0.0547. The van der Waals surface area contributed by atoms with Crippen molar-refractivity contribution in [3.8, 4) is 0 Å².